The van der Waals surface area contributed by atoms with E-state index in [0.29, 0.717) is 23.3 Å². The molecule has 0 radical (unpaired) electrons. The Morgan fingerprint density at radius 1 is 1.19 bits per heavy atom. The lowest BCUT2D eigenvalue weighted by Gasteiger charge is -2.30. The highest BCUT2D eigenvalue weighted by molar-refractivity contribution is 7.71. The van der Waals surface area contributed by atoms with E-state index in [-0.39, 0.29) is 17.4 Å². The summed E-state index contributed by atoms with van der Waals surface area (Å²) in [6.45, 7) is 0.652. The van der Waals surface area contributed by atoms with Gasteiger partial charge in [-0.2, -0.15) is 0 Å². The molecule has 2 aliphatic rings. The molecule has 0 unspecified atom stereocenters. The van der Waals surface area contributed by atoms with E-state index in [4.69, 9.17) is 12.2 Å². The molecule has 0 spiro atoms. The molecule has 2 N–H and O–H groups in total. The van der Waals surface area contributed by atoms with E-state index >= 15 is 0 Å². The molecular weight excluding hydrogens is 378 g/mol. The maximum absolute atomic E-state index is 12.7. The molecule has 2 saturated carbocycles. The highest BCUT2D eigenvalue weighted by atomic mass is 32.1. The van der Waals surface area contributed by atoms with Gasteiger partial charge >= 0.3 is 0 Å². The third-order valence-corrected chi connectivity index (χ3v) is 7.43. The van der Waals surface area contributed by atoms with Crippen molar-refractivity contribution in [2.45, 2.75) is 70.4 Å². The van der Waals surface area contributed by atoms with Gasteiger partial charge in [0.05, 0.1) is 5.52 Å². The van der Waals surface area contributed by atoms with Crippen LogP contribution in [0.3, 0.4) is 0 Å². The highest BCUT2D eigenvalue weighted by Crippen LogP contribution is 2.30. The Bertz CT molecular complexity index is 915. The van der Waals surface area contributed by atoms with E-state index in [0.717, 1.165) is 48.7 Å². The summed E-state index contributed by atoms with van der Waals surface area (Å²) < 4.78 is 2.95. The molecule has 146 valence electrons. The van der Waals surface area contributed by atoms with E-state index < -0.39 is 0 Å². The van der Waals surface area contributed by atoms with Crippen molar-refractivity contribution in [2.75, 3.05) is 0 Å². The molecule has 1 amide bonds. The number of thiophene rings is 1. The normalized spacial score (nSPS) is 24.1. The number of amides is 1. The zero-order chi connectivity index (χ0) is 18.8. The number of carbonyl (C=O) groups is 1. The number of aromatic amines is 1. The highest BCUT2D eigenvalue weighted by Gasteiger charge is 2.28. The van der Waals surface area contributed by atoms with Crippen LogP contribution in [-0.2, 0) is 11.3 Å². The Balaban J connectivity index is 1.35. The van der Waals surface area contributed by atoms with Crippen LogP contribution in [0.1, 0.15) is 57.8 Å². The Morgan fingerprint density at radius 2 is 1.93 bits per heavy atom. The quantitative estimate of drug-likeness (QED) is 0.742. The summed E-state index contributed by atoms with van der Waals surface area (Å²) in [5, 5.41) is 5.19. The molecule has 5 nitrogen and oxygen atoms in total. The predicted octanol–water partition coefficient (Wildman–Crippen LogP) is 4.38. The van der Waals surface area contributed by atoms with Crippen LogP contribution in [0.2, 0.25) is 0 Å². The SMILES string of the molecule is O=C(NC1CCCCC1)C1CCC(Cn2c(=S)[nH]c3ccsc3c2=O)CC1. The van der Waals surface area contributed by atoms with Crippen molar-refractivity contribution >= 4 is 39.7 Å². The average Bonchev–Trinajstić information content (AvgIpc) is 3.15. The molecule has 2 fully saturated rings. The van der Waals surface area contributed by atoms with Crippen molar-refractivity contribution in [1.82, 2.24) is 14.9 Å². The minimum absolute atomic E-state index is 0.0147. The monoisotopic (exact) mass is 405 g/mol. The van der Waals surface area contributed by atoms with Gasteiger partial charge in [-0.1, -0.05) is 19.3 Å². The lowest BCUT2D eigenvalue weighted by atomic mass is 9.81. The fourth-order valence-corrected chi connectivity index (χ4v) is 5.63. The minimum atomic E-state index is 0.0147. The molecule has 4 rings (SSSR count). The van der Waals surface area contributed by atoms with Crippen molar-refractivity contribution in [3.63, 3.8) is 0 Å². The van der Waals surface area contributed by atoms with Gasteiger partial charge in [-0.3, -0.25) is 14.2 Å². The van der Waals surface area contributed by atoms with Crippen LogP contribution in [0.5, 0.6) is 0 Å². The van der Waals surface area contributed by atoms with Gasteiger partial charge in [-0.25, -0.2) is 0 Å². The van der Waals surface area contributed by atoms with E-state index in [1.165, 1.54) is 30.6 Å². The lowest BCUT2D eigenvalue weighted by molar-refractivity contribution is -0.127. The fourth-order valence-electron chi connectivity index (χ4n) is 4.57. The summed E-state index contributed by atoms with van der Waals surface area (Å²) in [4.78, 5) is 28.4. The molecule has 0 bridgehead atoms. The van der Waals surface area contributed by atoms with E-state index in [2.05, 4.69) is 10.3 Å². The lowest BCUT2D eigenvalue weighted by Crippen LogP contribution is -2.41. The molecular formula is C20H27N3O2S2. The van der Waals surface area contributed by atoms with Crippen molar-refractivity contribution in [3.05, 3.63) is 26.6 Å². The number of hydrogen-bond donors (Lipinski definition) is 2. The van der Waals surface area contributed by atoms with Crippen LogP contribution in [0.15, 0.2) is 16.2 Å². The summed E-state index contributed by atoms with van der Waals surface area (Å²) in [5.74, 6) is 0.790. The maximum Gasteiger partial charge on any atom is 0.272 e. The standard InChI is InChI=1S/C20H27N3O2S2/c24-18(21-15-4-2-1-3-5-15)14-8-6-13(7-9-14)12-23-19(25)17-16(10-11-27-17)22-20(23)26/h10-11,13-15H,1-9,12H2,(H,21,24)(H,22,26). The molecule has 0 aromatic carbocycles. The number of fused-ring (bicyclic) bond motifs is 1. The van der Waals surface area contributed by atoms with Crippen LogP contribution in [-0.4, -0.2) is 21.5 Å². The summed E-state index contributed by atoms with van der Waals surface area (Å²) >= 11 is 6.86. The largest absolute Gasteiger partial charge is 0.353 e. The summed E-state index contributed by atoms with van der Waals surface area (Å²) in [6, 6.07) is 2.29. The second-order valence-electron chi connectivity index (χ2n) is 8.07. The van der Waals surface area contributed by atoms with Gasteiger partial charge in [0.2, 0.25) is 5.91 Å². The molecule has 0 saturated heterocycles. The molecule has 2 aliphatic carbocycles. The maximum atomic E-state index is 12.7. The molecule has 2 aromatic heterocycles. The van der Waals surface area contributed by atoms with Gasteiger partial charge in [-0.15, -0.1) is 11.3 Å². The number of nitrogens with zero attached hydrogens (tertiary/aromatic N) is 1. The Labute approximate surface area is 168 Å². The van der Waals surface area contributed by atoms with Gasteiger partial charge in [0, 0.05) is 18.5 Å². The predicted molar refractivity (Wildman–Crippen MR) is 112 cm³/mol. The number of carbonyl (C=O) groups excluding carboxylic acids is 1. The Kier molecular flexibility index (Phi) is 5.78. The third-order valence-electron chi connectivity index (χ3n) is 6.20. The number of rotatable bonds is 4. The number of nitrogens with one attached hydrogen (secondary N) is 2. The zero-order valence-electron chi connectivity index (χ0n) is 15.5. The molecule has 2 aromatic rings. The summed E-state index contributed by atoms with van der Waals surface area (Å²) in [5.41, 5.74) is 0.843. The van der Waals surface area contributed by atoms with E-state index in [1.54, 1.807) is 4.57 Å². The first-order chi connectivity index (χ1) is 13.1. The Hall–Kier alpha value is -1.47. The smallest absolute Gasteiger partial charge is 0.272 e. The third kappa shape index (κ3) is 4.19. The molecule has 7 heteroatoms. The summed E-state index contributed by atoms with van der Waals surface area (Å²) in [7, 11) is 0. The second-order valence-corrected chi connectivity index (χ2v) is 9.37. The topological polar surface area (TPSA) is 66.9 Å². The van der Waals surface area contributed by atoms with Crippen LogP contribution < -0.4 is 10.9 Å². The van der Waals surface area contributed by atoms with E-state index in [9.17, 15) is 9.59 Å². The molecule has 0 aliphatic heterocycles. The van der Waals surface area contributed by atoms with Gasteiger partial charge in [0.15, 0.2) is 4.77 Å². The summed E-state index contributed by atoms with van der Waals surface area (Å²) in [6.07, 6.45) is 9.82. The molecule has 27 heavy (non-hydrogen) atoms. The number of aromatic nitrogens is 2. The van der Waals surface area contributed by atoms with Crippen LogP contribution >= 0.6 is 23.6 Å². The first kappa shape index (κ1) is 18.9. The van der Waals surface area contributed by atoms with Crippen molar-refractivity contribution < 1.29 is 4.79 Å². The molecule has 2 heterocycles. The number of H-pyrrole nitrogens is 1. The zero-order valence-corrected chi connectivity index (χ0v) is 17.2. The molecule has 0 atom stereocenters. The van der Waals surface area contributed by atoms with Crippen molar-refractivity contribution in [3.8, 4) is 0 Å². The first-order valence-corrected chi connectivity index (χ1v) is 11.4. The van der Waals surface area contributed by atoms with Gasteiger partial charge < -0.3 is 10.3 Å². The first-order valence-electron chi connectivity index (χ1n) is 10.1. The van der Waals surface area contributed by atoms with Crippen LogP contribution in [0.4, 0.5) is 0 Å². The van der Waals surface area contributed by atoms with E-state index in [1.807, 2.05) is 11.4 Å². The van der Waals surface area contributed by atoms with Gasteiger partial charge in [0.1, 0.15) is 4.70 Å². The fraction of sp³-hybridized carbons (Fsp3) is 0.650. The average molecular weight is 406 g/mol. The number of hydrogen-bond acceptors (Lipinski definition) is 4. The minimum Gasteiger partial charge on any atom is -0.353 e. The Morgan fingerprint density at radius 3 is 2.67 bits per heavy atom. The second kappa shape index (κ2) is 8.27. The van der Waals surface area contributed by atoms with Gasteiger partial charge in [0.25, 0.3) is 5.56 Å². The van der Waals surface area contributed by atoms with Crippen molar-refractivity contribution in [2.24, 2.45) is 11.8 Å². The van der Waals surface area contributed by atoms with Crippen molar-refractivity contribution in [1.29, 1.82) is 0 Å². The van der Waals surface area contributed by atoms with Crippen LogP contribution in [0.25, 0.3) is 10.2 Å². The van der Waals surface area contributed by atoms with Gasteiger partial charge in [-0.05, 0) is 68.1 Å². The van der Waals surface area contributed by atoms with Crippen LogP contribution in [0, 0.1) is 16.6 Å².